The van der Waals surface area contributed by atoms with E-state index in [1.165, 1.54) is 16.7 Å². The number of fused-ring (bicyclic) bond motifs is 1. The summed E-state index contributed by atoms with van der Waals surface area (Å²) in [6, 6.07) is 15.4. The summed E-state index contributed by atoms with van der Waals surface area (Å²) < 4.78 is 5.75. The van der Waals surface area contributed by atoms with E-state index in [2.05, 4.69) is 19.1 Å². The third-order valence-electron chi connectivity index (χ3n) is 3.31. The first-order valence-electron chi connectivity index (χ1n) is 5.97. The number of ether oxygens (including phenoxy) is 1. The lowest BCUT2D eigenvalue weighted by atomic mass is 9.94. The Morgan fingerprint density at radius 2 is 1.83 bits per heavy atom. The highest BCUT2D eigenvalue weighted by Crippen LogP contribution is 2.38. The van der Waals surface area contributed by atoms with Crippen molar-refractivity contribution in [2.75, 3.05) is 6.61 Å². The number of rotatable bonds is 1. The number of hydrogen-bond donors (Lipinski definition) is 1. The Balaban J connectivity index is 2.15. The second-order valence-corrected chi connectivity index (χ2v) is 4.44. The van der Waals surface area contributed by atoms with Gasteiger partial charge in [-0.15, -0.1) is 0 Å². The Morgan fingerprint density at radius 3 is 2.61 bits per heavy atom. The van der Waals surface area contributed by atoms with Crippen LogP contribution in [0.4, 0.5) is 0 Å². The van der Waals surface area contributed by atoms with E-state index in [1.807, 2.05) is 24.3 Å². The Hall–Kier alpha value is -2.22. The van der Waals surface area contributed by atoms with Gasteiger partial charge >= 0.3 is 0 Å². The maximum atomic E-state index is 9.58. The summed E-state index contributed by atoms with van der Waals surface area (Å²) in [7, 11) is 0. The van der Waals surface area contributed by atoms with Gasteiger partial charge in [-0.05, 0) is 36.3 Å². The molecule has 0 unspecified atom stereocenters. The minimum atomic E-state index is 0.269. The van der Waals surface area contributed by atoms with Crippen LogP contribution in [0.2, 0.25) is 0 Å². The van der Waals surface area contributed by atoms with Crippen molar-refractivity contribution in [3.8, 4) is 11.5 Å². The number of phenolic OH excluding ortho intramolecular Hbond substituents is 1. The van der Waals surface area contributed by atoms with Crippen molar-refractivity contribution < 1.29 is 9.84 Å². The summed E-state index contributed by atoms with van der Waals surface area (Å²) in [5, 5.41) is 9.58. The average molecular weight is 238 g/mol. The molecule has 18 heavy (non-hydrogen) atoms. The quantitative estimate of drug-likeness (QED) is 0.820. The van der Waals surface area contributed by atoms with Gasteiger partial charge in [0.1, 0.15) is 18.1 Å². The maximum absolute atomic E-state index is 9.58. The SMILES string of the molecule is CC1=C(c2ccccc2)COc2ccc(O)cc21. The van der Waals surface area contributed by atoms with E-state index >= 15 is 0 Å². The van der Waals surface area contributed by atoms with Crippen molar-refractivity contribution in [2.45, 2.75) is 6.92 Å². The highest BCUT2D eigenvalue weighted by Gasteiger charge is 2.18. The van der Waals surface area contributed by atoms with Crippen LogP contribution in [-0.4, -0.2) is 11.7 Å². The minimum absolute atomic E-state index is 0.269. The van der Waals surface area contributed by atoms with E-state index in [0.29, 0.717) is 6.61 Å². The first kappa shape index (κ1) is 10.9. The molecule has 0 aliphatic carbocycles. The zero-order chi connectivity index (χ0) is 12.5. The van der Waals surface area contributed by atoms with E-state index < -0.39 is 0 Å². The largest absolute Gasteiger partial charge is 0.508 e. The van der Waals surface area contributed by atoms with Crippen LogP contribution in [0.25, 0.3) is 11.1 Å². The van der Waals surface area contributed by atoms with Gasteiger partial charge in [0, 0.05) is 11.1 Å². The Bertz CT molecular complexity index is 612. The Morgan fingerprint density at radius 1 is 1.06 bits per heavy atom. The first-order valence-corrected chi connectivity index (χ1v) is 5.97. The van der Waals surface area contributed by atoms with Crippen molar-refractivity contribution in [3.63, 3.8) is 0 Å². The molecule has 0 radical (unpaired) electrons. The highest BCUT2D eigenvalue weighted by molar-refractivity contribution is 5.93. The van der Waals surface area contributed by atoms with Crippen LogP contribution < -0.4 is 4.74 Å². The molecule has 2 aromatic carbocycles. The molecule has 0 aromatic heterocycles. The standard InChI is InChI=1S/C16H14O2/c1-11-14-9-13(17)7-8-16(14)18-10-15(11)12-5-3-2-4-6-12/h2-9,17H,10H2,1H3. The summed E-state index contributed by atoms with van der Waals surface area (Å²) in [4.78, 5) is 0. The van der Waals surface area contributed by atoms with Crippen LogP contribution in [0.3, 0.4) is 0 Å². The molecule has 1 aliphatic heterocycles. The fourth-order valence-electron chi connectivity index (χ4n) is 2.30. The van der Waals surface area contributed by atoms with Gasteiger partial charge in [-0.25, -0.2) is 0 Å². The Kier molecular flexibility index (Phi) is 2.56. The molecule has 1 N–H and O–H groups in total. The lowest BCUT2D eigenvalue weighted by Crippen LogP contribution is -2.09. The van der Waals surface area contributed by atoms with Gasteiger partial charge in [0.25, 0.3) is 0 Å². The van der Waals surface area contributed by atoms with Crippen molar-refractivity contribution >= 4 is 11.1 Å². The van der Waals surface area contributed by atoms with E-state index in [-0.39, 0.29) is 5.75 Å². The van der Waals surface area contributed by atoms with Gasteiger partial charge in [0.05, 0.1) is 0 Å². The van der Waals surface area contributed by atoms with Crippen molar-refractivity contribution in [2.24, 2.45) is 0 Å². The second-order valence-electron chi connectivity index (χ2n) is 4.44. The molecule has 0 bridgehead atoms. The molecule has 0 saturated carbocycles. The summed E-state index contributed by atoms with van der Waals surface area (Å²) in [5.74, 6) is 1.11. The lowest BCUT2D eigenvalue weighted by molar-refractivity contribution is 0.363. The van der Waals surface area contributed by atoms with Crippen LogP contribution in [0.15, 0.2) is 48.5 Å². The molecular formula is C16H14O2. The van der Waals surface area contributed by atoms with Crippen molar-refractivity contribution in [1.29, 1.82) is 0 Å². The van der Waals surface area contributed by atoms with Crippen LogP contribution >= 0.6 is 0 Å². The number of allylic oxidation sites excluding steroid dienone is 1. The summed E-state index contributed by atoms with van der Waals surface area (Å²) in [5.41, 5.74) is 4.48. The third kappa shape index (κ3) is 1.76. The molecule has 0 atom stereocenters. The molecule has 0 spiro atoms. The van der Waals surface area contributed by atoms with Crippen LogP contribution in [0.1, 0.15) is 18.1 Å². The molecule has 3 rings (SSSR count). The number of benzene rings is 2. The molecule has 1 heterocycles. The minimum Gasteiger partial charge on any atom is -0.508 e. The van der Waals surface area contributed by atoms with Gasteiger partial charge in [0.15, 0.2) is 0 Å². The van der Waals surface area contributed by atoms with Gasteiger partial charge in [-0.3, -0.25) is 0 Å². The van der Waals surface area contributed by atoms with E-state index in [0.717, 1.165) is 11.3 Å². The van der Waals surface area contributed by atoms with Crippen LogP contribution in [0, 0.1) is 0 Å². The number of hydrogen-bond acceptors (Lipinski definition) is 2. The normalized spacial score (nSPS) is 14.1. The number of phenols is 1. The predicted octanol–water partition coefficient (Wildman–Crippen LogP) is 3.72. The molecule has 2 nitrogen and oxygen atoms in total. The fourth-order valence-corrected chi connectivity index (χ4v) is 2.30. The van der Waals surface area contributed by atoms with Crippen LogP contribution in [-0.2, 0) is 0 Å². The summed E-state index contributed by atoms with van der Waals surface area (Å²) >= 11 is 0. The fraction of sp³-hybridized carbons (Fsp3) is 0.125. The topological polar surface area (TPSA) is 29.5 Å². The molecule has 2 aromatic rings. The zero-order valence-electron chi connectivity index (χ0n) is 10.2. The summed E-state index contributed by atoms with van der Waals surface area (Å²) in [6.45, 7) is 2.65. The molecule has 2 heteroatoms. The molecule has 1 aliphatic rings. The molecule has 0 saturated heterocycles. The smallest absolute Gasteiger partial charge is 0.127 e. The van der Waals surface area contributed by atoms with Crippen molar-refractivity contribution in [1.82, 2.24) is 0 Å². The molecular weight excluding hydrogens is 224 g/mol. The van der Waals surface area contributed by atoms with Crippen LogP contribution in [0.5, 0.6) is 11.5 Å². The van der Waals surface area contributed by atoms with E-state index in [9.17, 15) is 5.11 Å². The van der Waals surface area contributed by atoms with Gasteiger partial charge in [-0.1, -0.05) is 30.3 Å². The first-order chi connectivity index (χ1) is 8.75. The van der Waals surface area contributed by atoms with Gasteiger partial charge < -0.3 is 9.84 Å². The molecule has 90 valence electrons. The third-order valence-corrected chi connectivity index (χ3v) is 3.31. The number of aromatic hydroxyl groups is 1. The lowest BCUT2D eigenvalue weighted by Gasteiger charge is -2.22. The average Bonchev–Trinajstić information content (AvgIpc) is 2.41. The molecule has 0 amide bonds. The van der Waals surface area contributed by atoms with Gasteiger partial charge in [0.2, 0.25) is 0 Å². The summed E-state index contributed by atoms with van der Waals surface area (Å²) in [6.07, 6.45) is 0. The zero-order valence-corrected chi connectivity index (χ0v) is 10.2. The van der Waals surface area contributed by atoms with Gasteiger partial charge in [-0.2, -0.15) is 0 Å². The highest BCUT2D eigenvalue weighted by atomic mass is 16.5. The maximum Gasteiger partial charge on any atom is 0.127 e. The Labute approximate surface area is 106 Å². The van der Waals surface area contributed by atoms with E-state index in [1.54, 1.807) is 12.1 Å². The van der Waals surface area contributed by atoms with E-state index in [4.69, 9.17) is 4.74 Å². The van der Waals surface area contributed by atoms with Crippen molar-refractivity contribution in [3.05, 3.63) is 59.7 Å². The second kappa shape index (κ2) is 4.22. The molecule has 0 fully saturated rings. The monoisotopic (exact) mass is 238 g/mol. The predicted molar refractivity (Wildman–Crippen MR) is 72.5 cm³/mol.